The van der Waals surface area contributed by atoms with Crippen LogP contribution in [0, 0.1) is 6.92 Å². The summed E-state index contributed by atoms with van der Waals surface area (Å²) >= 11 is 0. The maximum absolute atomic E-state index is 2.43. The molecule has 0 N–H and O–H groups in total. The van der Waals surface area contributed by atoms with E-state index in [0.717, 1.165) is 0 Å². The van der Waals surface area contributed by atoms with Crippen molar-refractivity contribution < 1.29 is 0 Å². The van der Waals surface area contributed by atoms with Crippen molar-refractivity contribution in [2.24, 2.45) is 0 Å². The molecule has 6 aromatic carbocycles. The molecule has 1 aromatic heterocycles. The lowest BCUT2D eigenvalue weighted by Crippen LogP contribution is -1.95. The monoisotopic (exact) mass is 407 g/mol. The zero-order chi connectivity index (χ0) is 21.2. The Morgan fingerprint density at radius 3 is 1.66 bits per heavy atom. The van der Waals surface area contributed by atoms with Crippen LogP contribution in [0.15, 0.2) is 109 Å². The van der Waals surface area contributed by atoms with Gasteiger partial charge in [-0.05, 0) is 63.0 Å². The van der Waals surface area contributed by atoms with E-state index in [4.69, 9.17) is 0 Å². The standard InChI is InChI=1S/C31H21N/c1-20-9-8-15-28-27-14-6-7-16-30(27)32(31(20)28)21-17-18-26-24-12-3-2-10-22(24)23-11-4-5-13-25(23)29(26)19-21/h2-19H,1H3. The smallest absolute Gasteiger partial charge is 0.0570 e. The van der Waals surface area contributed by atoms with E-state index in [1.165, 1.54) is 65.4 Å². The molecule has 0 unspecified atom stereocenters. The quantitative estimate of drug-likeness (QED) is 0.240. The fraction of sp³-hybridized carbons (Fsp3) is 0.0323. The molecule has 0 amide bonds. The summed E-state index contributed by atoms with van der Waals surface area (Å²) in [4.78, 5) is 0. The molecule has 150 valence electrons. The molecule has 7 rings (SSSR count). The molecular weight excluding hydrogens is 386 g/mol. The van der Waals surface area contributed by atoms with Crippen LogP contribution in [0.5, 0.6) is 0 Å². The van der Waals surface area contributed by atoms with Crippen molar-refractivity contribution in [1.29, 1.82) is 0 Å². The second-order valence-electron chi connectivity index (χ2n) is 8.64. The van der Waals surface area contributed by atoms with E-state index in [0.29, 0.717) is 0 Å². The molecule has 0 fully saturated rings. The largest absolute Gasteiger partial charge is 0.309 e. The molecule has 0 aliphatic rings. The van der Waals surface area contributed by atoms with Crippen molar-refractivity contribution in [3.05, 3.63) is 115 Å². The van der Waals surface area contributed by atoms with Gasteiger partial charge in [-0.25, -0.2) is 0 Å². The highest BCUT2D eigenvalue weighted by molar-refractivity contribution is 6.25. The van der Waals surface area contributed by atoms with Crippen LogP contribution in [-0.2, 0) is 0 Å². The summed E-state index contributed by atoms with van der Waals surface area (Å²) in [6.45, 7) is 2.21. The Kier molecular flexibility index (Phi) is 3.54. The van der Waals surface area contributed by atoms with E-state index in [1.54, 1.807) is 0 Å². The highest BCUT2D eigenvalue weighted by Gasteiger charge is 2.15. The summed E-state index contributed by atoms with van der Waals surface area (Å²) in [6.07, 6.45) is 0. The van der Waals surface area contributed by atoms with Gasteiger partial charge in [-0.15, -0.1) is 0 Å². The van der Waals surface area contributed by atoms with Crippen LogP contribution >= 0.6 is 0 Å². The van der Waals surface area contributed by atoms with Gasteiger partial charge in [0.15, 0.2) is 0 Å². The Morgan fingerprint density at radius 2 is 0.969 bits per heavy atom. The van der Waals surface area contributed by atoms with E-state index in [-0.39, 0.29) is 0 Å². The first kappa shape index (κ1) is 17.6. The van der Waals surface area contributed by atoms with E-state index in [2.05, 4.69) is 121 Å². The van der Waals surface area contributed by atoms with Crippen LogP contribution in [-0.4, -0.2) is 4.57 Å². The van der Waals surface area contributed by atoms with Gasteiger partial charge in [0, 0.05) is 16.5 Å². The topological polar surface area (TPSA) is 4.93 Å². The van der Waals surface area contributed by atoms with Crippen molar-refractivity contribution in [1.82, 2.24) is 4.57 Å². The average molecular weight is 408 g/mol. The molecule has 0 bridgehead atoms. The minimum atomic E-state index is 1.21. The zero-order valence-corrected chi connectivity index (χ0v) is 17.8. The number of hydrogen-bond acceptors (Lipinski definition) is 0. The lowest BCUT2D eigenvalue weighted by atomic mass is 9.94. The van der Waals surface area contributed by atoms with E-state index >= 15 is 0 Å². The lowest BCUT2D eigenvalue weighted by molar-refractivity contribution is 1.17. The van der Waals surface area contributed by atoms with Crippen LogP contribution in [0.2, 0.25) is 0 Å². The first-order valence-electron chi connectivity index (χ1n) is 11.1. The predicted molar refractivity (Wildman–Crippen MR) is 138 cm³/mol. The van der Waals surface area contributed by atoms with Crippen molar-refractivity contribution in [2.45, 2.75) is 6.92 Å². The summed E-state index contributed by atoms with van der Waals surface area (Å²) in [6, 6.07) is 39.9. The SMILES string of the molecule is Cc1cccc2c3ccccc3n(-c3ccc4c5ccccc5c5ccccc5c4c3)c12. The van der Waals surface area contributed by atoms with Gasteiger partial charge in [-0.2, -0.15) is 0 Å². The highest BCUT2D eigenvalue weighted by Crippen LogP contribution is 2.38. The van der Waals surface area contributed by atoms with Crippen LogP contribution in [0.4, 0.5) is 0 Å². The molecule has 1 heteroatoms. The molecule has 1 nitrogen and oxygen atoms in total. The Morgan fingerprint density at radius 1 is 0.438 bits per heavy atom. The number of hydrogen-bond donors (Lipinski definition) is 0. The third-order valence-electron chi connectivity index (χ3n) is 6.88. The first-order chi connectivity index (χ1) is 15.8. The van der Waals surface area contributed by atoms with Gasteiger partial charge in [-0.1, -0.05) is 91.0 Å². The van der Waals surface area contributed by atoms with Crippen molar-refractivity contribution in [3.8, 4) is 5.69 Å². The second-order valence-corrected chi connectivity index (χ2v) is 8.64. The molecular formula is C31H21N. The van der Waals surface area contributed by atoms with Gasteiger partial charge in [0.1, 0.15) is 0 Å². The molecule has 0 spiro atoms. The van der Waals surface area contributed by atoms with E-state index in [9.17, 15) is 0 Å². The fourth-order valence-electron chi connectivity index (χ4n) is 5.49. The lowest BCUT2D eigenvalue weighted by Gasteiger charge is -2.14. The van der Waals surface area contributed by atoms with Crippen molar-refractivity contribution >= 4 is 54.1 Å². The summed E-state index contributed by atoms with van der Waals surface area (Å²) in [5.74, 6) is 0. The minimum Gasteiger partial charge on any atom is -0.309 e. The Bertz CT molecular complexity index is 1800. The van der Waals surface area contributed by atoms with E-state index < -0.39 is 0 Å². The molecule has 0 aliphatic carbocycles. The normalized spacial score (nSPS) is 11.9. The maximum Gasteiger partial charge on any atom is 0.0570 e. The highest BCUT2D eigenvalue weighted by atomic mass is 15.0. The van der Waals surface area contributed by atoms with Crippen LogP contribution in [0.3, 0.4) is 0 Å². The van der Waals surface area contributed by atoms with Crippen molar-refractivity contribution in [2.75, 3.05) is 0 Å². The Labute approximate surface area is 186 Å². The molecule has 0 saturated heterocycles. The van der Waals surface area contributed by atoms with Gasteiger partial charge in [0.25, 0.3) is 0 Å². The van der Waals surface area contributed by atoms with Gasteiger partial charge >= 0.3 is 0 Å². The number of aryl methyl sites for hydroxylation is 1. The molecule has 0 atom stereocenters. The third kappa shape index (κ3) is 2.28. The van der Waals surface area contributed by atoms with Gasteiger partial charge in [0.05, 0.1) is 11.0 Å². The Balaban J connectivity index is 1.67. The first-order valence-corrected chi connectivity index (χ1v) is 11.1. The summed E-state index contributed by atoms with van der Waals surface area (Å²) in [5, 5.41) is 10.5. The number of benzene rings is 6. The van der Waals surface area contributed by atoms with E-state index in [1.807, 2.05) is 0 Å². The van der Waals surface area contributed by atoms with Crippen LogP contribution < -0.4 is 0 Å². The maximum atomic E-state index is 2.43. The zero-order valence-electron chi connectivity index (χ0n) is 17.8. The third-order valence-corrected chi connectivity index (χ3v) is 6.88. The summed E-state index contributed by atoms with van der Waals surface area (Å²) < 4.78 is 2.43. The molecule has 0 aliphatic heterocycles. The number of nitrogens with zero attached hydrogens (tertiary/aromatic N) is 1. The molecule has 7 aromatic rings. The predicted octanol–water partition coefficient (Wildman–Crippen LogP) is 8.55. The van der Waals surface area contributed by atoms with Crippen LogP contribution in [0.1, 0.15) is 5.56 Å². The van der Waals surface area contributed by atoms with Crippen molar-refractivity contribution in [3.63, 3.8) is 0 Å². The molecule has 32 heavy (non-hydrogen) atoms. The van der Waals surface area contributed by atoms with Gasteiger partial charge < -0.3 is 4.57 Å². The Hall–Kier alpha value is -4.10. The summed E-state index contributed by atoms with van der Waals surface area (Å²) in [5.41, 5.74) is 5.04. The number of rotatable bonds is 1. The number of aromatic nitrogens is 1. The molecule has 0 radical (unpaired) electrons. The number of fused-ring (bicyclic) bond motifs is 9. The van der Waals surface area contributed by atoms with Crippen LogP contribution in [0.25, 0.3) is 59.8 Å². The minimum absolute atomic E-state index is 1.21. The molecule has 0 saturated carbocycles. The molecule has 1 heterocycles. The summed E-state index contributed by atoms with van der Waals surface area (Å²) in [7, 11) is 0. The number of para-hydroxylation sites is 2. The average Bonchev–Trinajstić information content (AvgIpc) is 3.20. The second kappa shape index (κ2) is 6.45. The van der Waals surface area contributed by atoms with Gasteiger partial charge in [0.2, 0.25) is 0 Å². The van der Waals surface area contributed by atoms with Gasteiger partial charge in [-0.3, -0.25) is 0 Å². The fourth-order valence-corrected chi connectivity index (χ4v) is 5.49.